The lowest BCUT2D eigenvalue weighted by Crippen LogP contribution is -2.19. The Hall–Kier alpha value is -1.31. The SMILES string of the molecule is NCc1cn(CCNCc2cncs2)nn1. The summed E-state index contributed by atoms with van der Waals surface area (Å²) in [5.41, 5.74) is 8.10. The van der Waals surface area contributed by atoms with E-state index < -0.39 is 0 Å². The molecule has 0 spiro atoms. The van der Waals surface area contributed by atoms with Gasteiger partial charge in [-0.05, 0) is 0 Å². The number of hydrogen-bond donors (Lipinski definition) is 2. The minimum Gasteiger partial charge on any atom is -0.325 e. The second kappa shape index (κ2) is 5.69. The first-order chi connectivity index (χ1) is 7.88. The van der Waals surface area contributed by atoms with Gasteiger partial charge in [-0.25, -0.2) is 0 Å². The van der Waals surface area contributed by atoms with Crippen LogP contribution >= 0.6 is 11.3 Å². The molecule has 0 aliphatic rings. The van der Waals surface area contributed by atoms with Crippen molar-refractivity contribution in [3.63, 3.8) is 0 Å². The summed E-state index contributed by atoms with van der Waals surface area (Å²) in [6.45, 7) is 2.94. The second-order valence-electron chi connectivity index (χ2n) is 3.32. The molecule has 0 saturated heterocycles. The van der Waals surface area contributed by atoms with Gasteiger partial charge in [-0.1, -0.05) is 5.21 Å². The lowest BCUT2D eigenvalue weighted by atomic mass is 10.5. The van der Waals surface area contributed by atoms with Crippen molar-refractivity contribution >= 4 is 11.3 Å². The maximum Gasteiger partial charge on any atom is 0.0962 e. The van der Waals surface area contributed by atoms with E-state index in [2.05, 4.69) is 20.6 Å². The highest BCUT2D eigenvalue weighted by molar-refractivity contribution is 7.09. The molecular weight excluding hydrogens is 224 g/mol. The largest absolute Gasteiger partial charge is 0.325 e. The molecule has 16 heavy (non-hydrogen) atoms. The standard InChI is InChI=1S/C9H14N6S/c10-3-8-6-15(14-13-8)2-1-11-4-9-5-12-7-16-9/h5-7,11H,1-4,10H2. The molecule has 0 aliphatic heterocycles. The molecule has 3 N–H and O–H groups in total. The summed E-state index contributed by atoms with van der Waals surface area (Å²) in [6.07, 6.45) is 3.74. The van der Waals surface area contributed by atoms with Crippen molar-refractivity contribution in [2.45, 2.75) is 19.6 Å². The third-order valence-corrected chi connectivity index (χ3v) is 2.88. The molecule has 6 nitrogen and oxygen atoms in total. The summed E-state index contributed by atoms with van der Waals surface area (Å²) in [4.78, 5) is 5.25. The van der Waals surface area contributed by atoms with Crippen LogP contribution in [0.25, 0.3) is 0 Å². The first kappa shape index (κ1) is 11.2. The Morgan fingerprint density at radius 3 is 3.12 bits per heavy atom. The van der Waals surface area contributed by atoms with Crippen LogP contribution in [0.5, 0.6) is 0 Å². The average molecular weight is 238 g/mol. The van der Waals surface area contributed by atoms with Crippen molar-refractivity contribution < 1.29 is 0 Å². The monoisotopic (exact) mass is 238 g/mol. The zero-order valence-electron chi connectivity index (χ0n) is 8.83. The lowest BCUT2D eigenvalue weighted by molar-refractivity contribution is 0.541. The Labute approximate surface area is 97.5 Å². The Morgan fingerprint density at radius 2 is 2.44 bits per heavy atom. The van der Waals surface area contributed by atoms with Crippen LogP contribution in [0, 0.1) is 0 Å². The first-order valence-corrected chi connectivity index (χ1v) is 5.93. The number of nitrogens with one attached hydrogen (secondary N) is 1. The van der Waals surface area contributed by atoms with Crippen LogP contribution in [0.4, 0.5) is 0 Å². The molecule has 86 valence electrons. The minimum atomic E-state index is 0.439. The molecule has 0 bridgehead atoms. The van der Waals surface area contributed by atoms with Gasteiger partial charge in [0.15, 0.2) is 0 Å². The topological polar surface area (TPSA) is 81.6 Å². The minimum absolute atomic E-state index is 0.439. The summed E-state index contributed by atoms with van der Waals surface area (Å²) < 4.78 is 1.79. The quantitative estimate of drug-likeness (QED) is 0.691. The fourth-order valence-corrected chi connectivity index (χ4v) is 1.84. The zero-order valence-corrected chi connectivity index (χ0v) is 9.65. The fourth-order valence-electron chi connectivity index (χ4n) is 1.28. The van der Waals surface area contributed by atoms with Crippen molar-refractivity contribution in [2.24, 2.45) is 5.73 Å². The Bertz CT molecular complexity index is 409. The van der Waals surface area contributed by atoms with Crippen molar-refractivity contribution in [1.29, 1.82) is 0 Å². The Balaban J connectivity index is 1.68. The molecule has 2 aromatic heterocycles. The third kappa shape index (κ3) is 3.09. The van der Waals surface area contributed by atoms with E-state index in [4.69, 9.17) is 5.73 Å². The van der Waals surface area contributed by atoms with Gasteiger partial charge in [-0.2, -0.15) is 0 Å². The van der Waals surface area contributed by atoms with E-state index in [-0.39, 0.29) is 0 Å². The summed E-state index contributed by atoms with van der Waals surface area (Å²) >= 11 is 1.65. The van der Waals surface area contributed by atoms with Crippen LogP contribution < -0.4 is 11.1 Å². The normalized spacial score (nSPS) is 10.8. The number of nitrogens with two attached hydrogens (primary N) is 1. The zero-order chi connectivity index (χ0) is 11.2. The third-order valence-electron chi connectivity index (χ3n) is 2.10. The highest BCUT2D eigenvalue weighted by atomic mass is 32.1. The molecule has 7 heteroatoms. The van der Waals surface area contributed by atoms with Crippen LogP contribution in [0.15, 0.2) is 17.9 Å². The van der Waals surface area contributed by atoms with Crippen LogP contribution in [0.3, 0.4) is 0 Å². The van der Waals surface area contributed by atoms with Crippen molar-refractivity contribution in [3.05, 3.63) is 28.5 Å². The predicted octanol–water partition coefficient (Wildman–Crippen LogP) is -0.0169. The molecule has 0 fully saturated rings. The molecule has 2 heterocycles. The van der Waals surface area contributed by atoms with Crippen molar-refractivity contribution in [1.82, 2.24) is 25.3 Å². The van der Waals surface area contributed by atoms with Crippen LogP contribution in [-0.2, 0) is 19.6 Å². The van der Waals surface area contributed by atoms with Gasteiger partial charge in [0.2, 0.25) is 0 Å². The van der Waals surface area contributed by atoms with Gasteiger partial charge in [-0.3, -0.25) is 9.67 Å². The van der Waals surface area contributed by atoms with Gasteiger partial charge < -0.3 is 11.1 Å². The summed E-state index contributed by atoms with van der Waals surface area (Å²) in [7, 11) is 0. The van der Waals surface area contributed by atoms with E-state index in [0.29, 0.717) is 6.54 Å². The van der Waals surface area contributed by atoms with Crippen LogP contribution in [0.2, 0.25) is 0 Å². The molecule has 2 aromatic rings. The molecule has 0 unspecified atom stereocenters. The van der Waals surface area contributed by atoms with E-state index in [0.717, 1.165) is 25.3 Å². The number of rotatable bonds is 6. The summed E-state index contributed by atoms with van der Waals surface area (Å²) in [6, 6.07) is 0. The van der Waals surface area contributed by atoms with Gasteiger partial charge in [-0.15, -0.1) is 16.4 Å². The van der Waals surface area contributed by atoms with E-state index in [9.17, 15) is 0 Å². The Morgan fingerprint density at radius 1 is 1.50 bits per heavy atom. The number of aromatic nitrogens is 4. The summed E-state index contributed by atoms with van der Waals surface area (Å²) in [5, 5.41) is 11.2. The van der Waals surface area contributed by atoms with Crippen molar-refractivity contribution in [3.8, 4) is 0 Å². The number of hydrogen-bond acceptors (Lipinski definition) is 6. The van der Waals surface area contributed by atoms with Gasteiger partial charge in [0.05, 0.1) is 17.7 Å². The number of thiazole rings is 1. The molecule has 0 aliphatic carbocycles. The van der Waals surface area contributed by atoms with Gasteiger partial charge in [0.1, 0.15) is 0 Å². The van der Waals surface area contributed by atoms with E-state index in [1.165, 1.54) is 4.88 Å². The van der Waals surface area contributed by atoms with Crippen molar-refractivity contribution in [2.75, 3.05) is 6.54 Å². The molecule has 2 rings (SSSR count). The highest BCUT2D eigenvalue weighted by Gasteiger charge is 1.98. The van der Waals surface area contributed by atoms with Gasteiger partial charge in [0, 0.05) is 36.9 Å². The van der Waals surface area contributed by atoms with Crippen LogP contribution in [-0.4, -0.2) is 26.5 Å². The molecule has 0 amide bonds. The smallest absolute Gasteiger partial charge is 0.0962 e. The molecular formula is C9H14N6S. The lowest BCUT2D eigenvalue weighted by Gasteiger charge is -2.01. The molecule has 0 aromatic carbocycles. The van der Waals surface area contributed by atoms with Gasteiger partial charge in [0.25, 0.3) is 0 Å². The second-order valence-corrected chi connectivity index (χ2v) is 4.29. The molecule has 0 atom stereocenters. The maximum absolute atomic E-state index is 5.45. The Kier molecular flexibility index (Phi) is 3.97. The fraction of sp³-hybridized carbons (Fsp3) is 0.444. The van der Waals surface area contributed by atoms with E-state index in [1.807, 2.05) is 17.9 Å². The maximum atomic E-state index is 5.45. The van der Waals surface area contributed by atoms with Crippen LogP contribution in [0.1, 0.15) is 10.6 Å². The molecule has 0 radical (unpaired) electrons. The molecule has 0 saturated carbocycles. The van der Waals surface area contributed by atoms with Gasteiger partial charge >= 0.3 is 0 Å². The predicted molar refractivity (Wildman–Crippen MR) is 61.7 cm³/mol. The average Bonchev–Trinajstić information content (AvgIpc) is 2.95. The number of nitrogens with zero attached hydrogens (tertiary/aromatic N) is 4. The summed E-state index contributed by atoms with van der Waals surface area (Å²) in [5.74, 6) is 0. The first-order valence-electron chi connectivity index (χ1n) is 5.05. The highest BCUT2D eigenvalue weighted by Crippen LogP contribution is 2.03. The van der Waals surface area contributed by atoms with E-state index >= 15 is 0 Å². The van der Waals surface area contributed by atoms with E-state index in [1.54, 1.807) is 16.0 Å².